The summed E-state index contributed by atoms with van der Waals surface area (Å²) in [5, 5.41) is 5.94. The van der Waals surface area contributed by atoms with Gasteiger partial charge in [-0.25, -0.2) is 0 Å². The fourth-order valence-electron chi connectivity index (χ4n) is 3.15. The summed E-state index contributed by atoms with van der Waals surface area (Å²) in [6.07, 6.45) is -3.49. The van der Waals surface area contributed by atoms with Crippen molar-refractivity contribution in [3.05, 3.63) is 58.1 Å². The van der Waals surface area contributed by atoms with Crippen molar-refractivity contribution in [3.63, 3.8) is 0 Å². The zero-order chi connectivity index (χ0) is 18.1. The van der Waals surface area contributed by atoms with E-state index in [0.29, 0.717) is 11.5 Å². The van der Waals surface area contributed by atoms with Crippen LogP contribution in [-0.4, -0.2) is 28.1 Å². The molecule has 1 aromatic carbocycles. The number of hydrogen-bond acceptors (Lipinski definition) is 5. The van der Waals surface area contributed by atoms with Gasteiger partial charge in [0.1, 0.15) is 0 Å². The summed E-state index contributed by atoms with van der Waals surface area (Å²) in [5.41, 5.74) is -0.410. The van der Waals surface area contributed by atoms with E-state index in [0.717, 1.165) is 38.2 Å². The van der Waals surface area contributed by atoms with E-state index in [9.17, 15) is 13.2 Å². The maximum Gasteiger partial charge on any atom is 0.416 e. The second-order valence-electron chi connectivity index (χ2n) is 6.33. The van der Waals surface area contributed by atoms with E-state index in [2.05, 4.69) is 26.5 Å². The Hall–Kier alpha value is -2.19. The van der Waals surface area contributed by atoms with Gasteiger partial charge in [0.2, 0.25) is 11.7 Å². The van der Waals surface area contributed by atoms with Gasteiger partial charge in [-0.1, -0.05) is 23.4 Å². The van der Waals surface area contributed by atoms with Gasteiger partial charge in [-0.3, -0.25) is 4.90 Å². The van der Waals surface area contributed by atoms with Gasteiger partial charge in [-0.15, -0.1) is 11.3 Å². The Labute approximate surface area is 152 Å². The van der Waals surface area contributed by atoms with Crippen LogP contribution in [0, 0.1) is 0 Å². The molecule has 4 rings (SSSR count). The Bertz CT molecular complexity index is 876. The first kappa shape index (κ1) is 17.2. The van der Waals surface area contributed by atoms with Crippen LogP contribution in [-0.2, 0) is 12.7 Å². The largest absolute Gasteiger partial charge is 0.416 e. The molecule has 3 aromatic rings. The van der Waals surface area contributed by atoms with Crippen LogP contribution in [0.4, 0.5) is 13.2 Å². The summed E-state index contributed by atoms with van der Waals surface area (Å²) in [6.45, 7) is 2.63. The summed E-state index contributed by atoms with van der Waals surface area (Å²) >= 11 is 1.73. The number of thiophene rings is 1. The molecule has 1 aliphatic rings. The van der Waals surface area contributed by atoms with E-state index in [1.807, 2.05) is 6.07 Å². The van der Waals surface area contributed by atoms with Crippen LogP contribution in [0.15, 0.2) is 46.3 Å². The Balaban J connectivity index is 1.47. The van der Waals surface area contributed by atoms with E-state index in [4.69, 9.17) is 4.52 Å². The predicted molar refractivity (Wildman–Crippen MR) is 91.7 cm³/mol. The van der Waals surface area contributed by atoms with Gasteiger partial charge < -0.3 is 4.52 Å². The van der Waals surface area contributed by atoms with Crippen molar-refractivity contribution in [2.45, 2.75) is 25.1 Å². The molecular formula is C18H16F3N3OS. The molecule has 0 N–H and O–H groups in total. The Kier molecular flexibility index (Phi) is 4.54. The molecule has 1 saturated heterocycles. The summed E-state index contributed by atoms with van der Waals surface area (Å²) in [6, 6.07) is 9.13. The van der Waals surface area contributed by atoms with Crippen LogP contribution < -0.4 is 0 Å². The van der Waals surface area contributed by atoms with E-state index in [-0.39, 0.29) is 11.7 Å². The molecule has 1 fully saturated rings. The Morgan fingerprint density at radius 2 is 2.12 bits per heavy atom. The highest BCUT2D eigenvalue weighted by Crippen LogP contribution is 2.33. The van der Waals surface area contributed by atoms with Gasteiger partial charge in [0.05, 0.1) is 11.5 Å². The fraction of sp³-hybridized carbons (Fsp3) is 0.333. The monoisotopic (exact) mass is 379 g/mol. The molecule has 3 heterocycles. The van der Waals surface area contributed by atoms with Crippen molar-refractivity contribution in [2.75, 3.05) is 13.1 Å². The molecule has 0 radical (unpaired) electrons. The quantitative estimate of drug-likeness (QED) is 0.653. The van der Waals surface area contributed by atoms with Gasteiger partial charge in [-0.2, -0.15) is 18.2 Å². The first-order chi connectivity index (χ1) is 12.5. The van der Waals surface area contributed by atoms with Crippen LogP contribution in [0.3, 0.4) is 0 Å². The lowest BCUT2D eigenvalue weighted by Gasteiger charge is -2.13. The lowest BCUT2D eigenvalue weighted by Crippen LogP contribution is -2.19. The van der Waals surface area contributed by atoms with E-state index in [1.165, 1.54) is 10.9 Å². The molecular weight excluding hydrogens is 363 g/mol. The normalized spacial score (nSPS) is 18.5. The maximum absolute atomic E-state index is 12.9. The van der Waals surface area contributed by atoms with Crippen LogP contribution in [0.5, 0.6) is 0 Å². The lowest BCUT2D eigenvalue weighted by atomic mass is 10.1. The van der Waals surface area contributed by atoms with Gasteiger partial charge in [0, 0.05) is 23.5 Å². The molecule has 0 aliphatic carbocycles. The van der Waals surface area contributed by atoms with Crippen LogP contribution >= 0.6 is 11.3 Å². The predicted octanol–water partition coefficient (Wildman–Crippen LogP) is 4.81. The van der Waals surface area contributed by atoms with Gasteiger partial charge >= 0.3 is 6.18 Å². The highest BCUT2D eigenvalue weighted by molar-refractivity contribution is 7.09. The number of likely N-dealkylation sites (tertiary alicyclic amines) is 1. The average Bonchev–Trinajstić information content (AvgIpc) is 3.36. The SMILES string of the molecule is FC(F)(F)c1cccc(-c2noc([C@H]3CCN(Cc4cccs4)C3)n2)c1. The number of rotatable bonds is 4. The van der Waals surface area contributed by atoms with Crippen LogP contribution in [0.1, 0.15) is 28.7 Å². The second-order valence-corrected chi connectivity index (χ2v) is 7.37. The van der Waals surface area contributed by atoms with E-state index >= 15 is 0 Å². The zero-order valence-corrected chi connectivity index (χ0v) is 14.6. The first-order valence-electron chi connectivity index (χ1n) is 8.25. The van der Waals surface area contributed by atoms with Gasteiger partial charge in [0.25, 0.3) is 0 Å². The highest BCUT2D eigenvalue weighted by Gasteiger charge is 2.31. The topological polar surface area (TPSA) is 42.2 Å². The molecule has 0 spiro atoms. The number of halogens is 3. The molecule has 0 saturated carbocycles. The highest BCUT2D eigenvalue weighted by atomic mass is 32.1. The number of hydrogen-bond donors (Lipinski definition) is 0. The summed E-state index contributed by atoms with van der Waals surface area (Å²) in [4.78, 5) is 7.98. The van der Waals surface area contributed by atoms with Gasteiger partial charge in [0.15, 0.2) is 0 Å². The third-order valence-corrected chi connectivity index (χ3v) is 5.33. The smallest absolute Gasteiger partial charge is 0.339 e. The van der Waals surface area contributed by atoms with Gasteiger partial charge in [-0.05, 0) is 36.5 Å². The molecule has 2 aromatic heterocycles. The minimum atomic E-state index is -4.39. The fourth-order valence-corrected chi connectivity index (χ4v) is 3.90. The van der Waals surface area contributed by atoms with Crippen molar-refractivity contribution >= 4 is 11.3 Å². The molecule has 0 bridgehead atoms. The second kappa shape index (κ2) is 6.85. The van der Waals surface area contributed by atoms with Crippen LogP contribution in [0.25, 0.3) is 11.4 Å². The summed E-state index contributed by atoms with van der Waals surface area (Å²) in [5.74, 6) is 0.802. The number of alkyl halides is 3. The molecule has 4 nitrogen and oxygen atoms in total. The molecule has 1 atom stereocenters. The third kappa shape index (κ3) is 3.66. The number of nitrogens with zero attached hydrogens (tertiary/aromatic N) is 3. The molecule has 0 unspecified atom stereocenters. The molecule has 136 valence electrons. The van der Waals surface area contributed by atoms with Crippen molar-refractivity contribution < 1.29 is 17.7 Å². The van der Waals surface area contributed by atoms with E-state index in [1.54, 1.807) is 17.4 Å². The van der Waals surface area contributed by atoms with Crippen molar-refractivity contribution in [1.82, 2.24) is 15.0 Å². The summed E-state index contributed by atoms with van der Waals surface area (Å²) in [7, 11) is 0. The minimum Gasteiger partial charge on any atom is -0.339 e. The average molecular weight is 379 g/mol. The Morgan fingerprint density at radius 1 is 1.23 bits per heavy atom. The zero-order valence-electron chi connectivity index (χ0n) is 13.7. The molecule has 26 heavy (non-hydrogen) atoms. The van der Waals surface area contributed by atoms with Crippen molar-refractivity contribution in [3.8, 4) is 11.4 Å². The molecule has 0 amide bonds. The number of aromatic nitrogens is 2. The van der Waals surface area contributed by atoms with Crippen LogP contribution in [0.2, 0.25) is 0 Å². The first-order valence-corrected chi connectivity index (χ1v) is 9.13. The van der Waals surface area contributed by atoms with Crippen molar-refractivity contribution in [1.29, 1.82) is 0 Å². The summed E-state index contributed by atoms with van der Waals surface area (Å²) < 4.78 is 43.9. The third-order valence-electron chi connectivity index (χ3n) is 4.47. The standard InChI is InChI=1S/C18H16F3N3OS/c19-18(20,21)14-4-1-3-12(9-14)16-22-17(25-23-16)13-6-7-24(10-13)11-15-5-2-8-26-15/h1-5,8-9,13H,6-7,10-11H2/t13-/m0/s1. The molecule has 1 aliphatic heterocycles. The Morgan fingerprint density at radius 3 is 2.88 bits per heavy atom. The lowest BCUT2D eigenvalue weighted by molar-refractivity contribution is -0.137. The molecule has 8 heteroatoms. The minimum absolute atomic E-state index is 0.113. The maximum atomic E-state index is 12.9. The van der Waals surface area contributed by atoms with Crippen molar-refractivity contribution in [2.24, 2.45) is 0 Å². The van der Waals surface area contributed by atoms with E-state index < -0.39 is 11.7 Å². The number of benzene rings is 1.